The van der Waals surface area contributed by atoms with Gasteiger partial charge in [0.2, 0.25) is 0 Å². The minimum atomic E-state index is -0.648. The van der Waals surface area contributed by atoms with E-state index in [1.807, 2.05) is 39.8 Å². The molecule has 4 rings (SSSR count). The van der Waals surface area contributed by atoms with Crippen LogP contribution in [-0.4, -0.2) is 49.5 Å². The van der Waals surface area contributed by atoms with Crippen LogP contribution in [0.5, 0.6) is 0 Å². The van der Waals surface area contributed by atoms with Crippen LogP contribution in [0, 0.1) is 0 Å². The molecule has 2 aromatic heterocycles. The molecule has 1 atom stereocenters. The second-order valence-electron chi connectivity index (χ2n) is 11.1. The number of pyridine rings is 1. The van der Waals surface area contributed by atoms with Crippen molar-refractivity contribution >= 4 is 23.6 Å². The van der Waals surface area contributed by atoms with Crippen molar-refractivity contribution in [3.8, 4) is 11.3 Å². The minimum absolute atomic E-state index is 0.237. The number of likely N-dealkylation sites (tertiary alicyclic amines) is 1. The zero-order chi connectivity index (χ0) is 29.0. The maximum Gasteiger partial charge on any atom is 0.410 e. The van der Waals surface area contributed by atoms with Crippen LogP contribution < -0.4 is 11.2 Å². The number of carbonyl (C=O) groups excluding carboxylic acids is 3. The Balaban J connectivity index is 1.64. The maximum atomic E-state index is 13.1. The van der Waals surface area contributed by atoms with Crippen LogP contribution in [0.15, 0.2) is 42.6 Å². The van der Waals surface area contributed by atoms with E-state index in [1.54, 1.807) is 35.4 Å². The number of aryl methyl sites for hydroxylation is 1. The van der Waals surface area contributed by atoms with Crippen LogP contribution in [0.1, 0.15) is 98.6 Å². The van der Waals surface area contributed by atoms with Gasteiger partial charge in [-0.05, 0) is 69.9 Å². The molecule has 1 saturated heterocycles. The normalized spacial score (nSPS) is 15.8. The number of nitrogens with one attached hydrogen (secondary N) is 1. The second-order valence-corrected chi connectivity index (χ2v) is 11.1. The summed E-state index contributed by atoms with van der Waals surface area (Å²) in [4.78, 5) is 49.4. The highest BCUT2D eigenvalue weighted by Gasteiger charge is 2.35. The molecule has 0 spiro atoms. The Hall–Kier alpha value is -4.21. The molecule has 1 aliphatic heterocycles. The van der Waals surface area contributed by atoms with Crippen LogP contribution in [-0.2, 0) is 11.2 Å². The van der Waals surface area contributed by atoms with Gasteiger partial charge in [-0.3, -0.25) is 14.5 Å². The van der Waals surface area contributed by atoms with Crippen molar-refractivity contribution < 1.29 is 19.1 Å². The van der Waals surface area contributed by atoms with Gasteiger partial charge < -0.3 is 15.9 Å². The van der Waals surface area contributed by atoms with Gasteiger partial charge in [0.25, 0.3) is 5.91 Å². The van der Waals surface area contributed by atoms with Crippen LogP contribution in [0.3, 0.4) is 0 Å². The Kier molecular flexibility index (Phi) is 8.56. The van der Waals surface area contributed by atoms with Gasteiger partial charge in [0.15, 0.2) is 11.6 Å². The third-order valence-corrected chi connectivity index (χ3v) is 6.85. The van der Waals surface area contributed by atoms with Gasteiger partial charge in [0.1, 0.15) is 22.8 Å². The van der Waals surface area contributed by atoms with Gasteiger partial charge in [-0.15, -0.1) is 0 Å². The summed E-state index contributed by atoms with van der Waals surface area (Å²) in [6.45, 7) is 9.47. The summed E-state index contributed by atoms with van der Waals surface area (Å²) in [6.07, 6.45) is 5.43. The fourth-order valence-electron chi connectivity index (χ4n) is 4.87. The van der Waals surface area contributed by atoms with Crippen LogP contribution >= 0.6 is 0 Å². The third kappa shape index (κ3) is 6.50. The van der Waals surface area contributed by atoms with Gasteiger partial charge in [0.05, 0.1) is 6.04 Å². The van der Waals surface area contributed by atoms with Crippen molar-refractivity contribution in [1.29, 1.82) is 0 Å². The molecule has 10 nitrogen and oxygen atoms in total. The first kappa shape index (κ1) is 28.8. The number of anilines is 1. The molecule has 1 unspecified atom stereocenters. The summed E-state index contributed by atoms with van der Waals surface area (Å²) in [5.41, 5.74) is 2.14. The molecular weight excluding hydrogens is 508 g/mol. The van der Waals surface area contributed by atoms with Crippen molar-refractivity contribution in [2.24, 2.45) is 0 Å². The second kappa shape index (κ2) is 11.9. The van der Waals surface area contributed by atoms with Crippen molar-refractivity contribution in [3.05, 3.63) is 65.2 Å². The molecule has 212 valence electrons. The highest BCUT2D eigenvalue weighted by molar-refractivity contribution is 6.04. The number of amides is 2. The van der Waals surface area contributed by atoms with Crippen LogP contribution in [0.4, 0.5) is 10.6 Å². The number of imidazole rings is 1. The molecule has 3 N–H and O–H groups in total. The number of benzene rings is 1. The fraction of sp³-hybridized carbons (Fsp3) is 0.433. The predicted molar refractivity (Wildman–Crippen MR) is 154 cm³/mol. The minimum Gasteiger partial charge on any atom is -0.444 e. The summed E-state index contributed by atoms with van der Waals surface area (Å²) >= 11 is 0. The highest BCUT2D eigenvalue weighted by atomic mass is 16.6. The Morgan fingerprint density at radius 1 is 1.10 bits per heavy atom. The monoisotopic (exact) mass is 546 g/mol. The number of ketones is 1. The molecule has 0 saturated carbocycles. The molecular formula is C30H38N6O4. The first-order valence-corrected chi connectivity index (χ1v) is 13.7. The van der Waals surface area contributed by atoms with Crippen LogP contribution in [0.2, 0.25) is 0 Å². The first-order valence-electron chi connectivity index (χ1n) is 13.7. The SMILES string of the molecule is CCc1ccnc(NC(=O)c2ccc(-c3nc(C4CCCCCN4C(=O)OC(C)(C)C)n(N)c3C(C)=O)cc2)c1. The van der Waals surface area contributed by atoms with Crippen molar-refractivity contribution in [1.82, 2.24) is 19.5 Å². The van der Waals surface area contributed by atoms with E-state index in [0.717, 1.165) is 31.2 Å². The average Bonchev–Trinajstić information content (AvgIpc) is 3.07. The summed E-state index contributed by atoms with van der Waals surface area (Å²) in [6, 6.07) is 10.1. The number of aromatic nitrogens is 3. The number of nitrogens with zero attached hydrogens (tertiary/aromatic N) is 4. The van der Waals surface area contributed by atoms with E-state index in [-0.39, 0.29) is 17.4 Å². The van der Waals surface area contributed by atoms with Gasteiger partial charge in [0, 0.05) is 30.8 Å². The van der Waals surface area contributed by atoms with E-state index >= 15 is 0 Å². The molecule has 40 heavy (non-hydrogen) atoms. The van der Waals surface area contributed by atoms with Crippen molar-refractivity contribution in [2.75, 3.05) is 17.7 Å². The smallest absolute Gasteiger partial charge is 0.410 e. The lowest BCUT2D eigenvalue weighted by molar-refractivity contribution is 0.0153. The number of Topliss-reactive ketones (excluding diaryl/α,β-unsaturated/α-hetero) is 1. The molecule has 1 fully saturated rings. The Morgan fingerprint density at radius 3 is 2.48 bits per heavy atom. The average molecular weight is 547 g/mol. The quantitative estimate of drug-likeness (QED) is 0.307. The molecule has 10 heteroatoms. The van der Waals surface area contributed by atoms with Crippen molar-refractivity contribution in [2.45, 2.75) is 78.4 Å². The molecule has 3 heterocycles. The molecule has 3 aromatic rings. The van der Waals surface area contributed by atoms with Gasteiger partial charge >= 0.3 is 6.09 Å². The van der Waals surface area contributed by atoms with Gasteiger partial charge in [-0.1, -0.05) is 31.9 Å². The summed E-state index contributed by atoms with van der Waals surface area (Å²) < 4.78 is 6.99. The summed E-state index contributed by atoms with van der Waals surface area (Å²) in [5.74, 6) is 6.85. The first-order chi connectivity index (χ1) is 19.0. The molecule has 1 aromatic carbocycles. The lowest BCUT2D eigenvalue weighted by atomic mass is 10.1. The molecule has 2 amide bonds. The zero-order valence-electron chi connectivity index (χ0n) is 23.9. The lowest BCUT2D eigenvalue weighted by Crippen LogP contribution is -2.40. The lowest BCUT2D eigenvalue weighted by Gasteiger charge is -2.31. The summed E-state index contributed by atoms with van der Waals surface area (Å²) in [7, 11) is 0. The van der Waals surface area contributed by atoms with Crippen molar-refractivity contribution in [3.63, 3.8) is 0 Å². The standard InChI is InChI=1S/C30H38N6O4/c1-6-20-15-16-32-24(18-20)33-28(38)22-13-11-21(12-14-22)25-26(19(2)37)36(31)27(34-25)23-10-8-7-9-17-35(23)29(39)40-30(3,4)5/h11-16,18,23H,6-10,17,31H2,1-5H3,(H,32,33,38). The van der Waals surface area contributed by atoms with Gasteiger partial charge in [-0.25, -0.2) is 19.4 Å². The highest BCUT2D eigenvalue weighted by Crippen LogP contribution is 2.34. The van der Waals surface area contributed by atoms with E-state index in [0.29, 0.717) is 41.4 Å². The van der Waals surface area contributed by atoms with E-state index in [1.165, 1.54) is 11.6 Å². The fourth-order valence-corrected chi connectivity index (χ4v) is 4.87. The Morgan fingerprint density at radius 2 is 1.82 bits per heavy atom. The summed E-state index contributed by atoms with van der Waals surface area (Å²) in [5, 5.41) is 2.82. The topological polar surface area (TPSA) is 132 Å². The molecule has 0 aliphatic carbocycles. The number of rotatable bonds is 6. The van der Waals surface area contributed by atoms with E-state index in [2.05, 4.69) is 10.3 Å². The van der Waals surface area contributed by atoms with Gasteiger partial charge in [-0.2, -0.15) is 0 Å². The zero-order valence-corrected chi connectivity index (χ0v) is 23.9. The number of ether oxygens (including phenoxy) is 1. The number of carbonyl (C=O) groups is 3. The number of nitrogens with two attached hydrogens (primary N) is 1. The molecule has 0 bridgehead atoms. The molecule has 1 aliphatic rings. The maximum absolute atomic E-state index is 13.1. The Bertz CT molecular complexity index is 1390. The van der Waals surface area contributed by atoms with E-state index < -0.39 is 17.7 Å². The van der Waals surface area contributed by atoms with E-state index in [9.17, 15) is 14.4 Å². The Labute approximate surface area is 234 Å². The number of hydrogen-bond donors (Lipinski definition) is 2. The predicted octanol–water partition coefficient (Wildman–Crippen LogP) is 5.53. The number of nitrogen functional groups attached to an aromatic ring is 1. The van der Waals surface area contributed by atoms with Crippen LogP contribution in [0.25, 0.3) is 11.3 Å². The molecule has 0 radical (unpaired) electrons. The third-order valence-electron chi connectivity index (χ3n) is 6.85. The van der Waals surface area contributed by atoms with E-state index in [4.69, 9.17) is 15.6 Å². The number of hydrogen-bond acceptors (Lipinski definition) is 7. The largest absolute Gasteiger partial charge is 0.444 e.